The Labute approximate surface area is 168 Å². The SMILES string of the molecule is CC(C)N(Cc1ccccc1)C(=O)C(c1ccc(Cl)cc1Cl)n1cncn1. The van der Waals surface area contributed by atoms with E-state index in [0.29, 0.717) is 22.2 Å². The number of benzene rings is 2. The van der Waals surface area contributed by atoms with Gasteiger partial charge in [0, 0.05) is 28.2 Å². The van der Waals surface area contributed by atoms with Crippen molar-refractivity contribution >= 4 is 29.1 Å². The van der Waals surface area contributed by atoms with E-state index in [1.165, 1.54) is 17.3 Å². The minimum absolute atomic E-state index is 0.00481. The van der Waals surface area contributed by atoms with Crippen LogP contribution in [0.1, 0.15) is 31.0 Å². The third-order valence-electron chi connectivity index (χ3n) is 4.29. The lowest BCUT2D eigenvalue weighted by Gasteiger charge is -2.31. The lowest BCUT2D eigenvalue weighted by atomic mass is 10.0. The Morgan fingerprint density at radius 2 is 1.89 bits per heavy atom. The van der Waals surface area contributed by atoms with Gasteiger partial charge in [-0.3, -0.25) is 4.79 Å². The van der Waals surface area contributed by atoms with Gasteiger partial charge in [-0.05, 0) is 31.5 Å². The number of aromatic nitrogens is 3. The summed E-state index contributed by atoms with van der Waals surface area (Å²) in [7, 11) is 0. The fraction of sp³-hybridized carbons (Fsp3) is 0.250. The molecule has 0 saturated heterocycles. The predicted octanol–water partition coefficient (Wildman–Crippen LogP) is 4.61. The first-order valence-corrected chi connectivity index (χ1v) is 9.36. The molecule has 0 spiro atoms. The normalized spacial score (nSPS) is 12.2. The minimum Gasteiger partial charge on any atom is -0.334 e. The molecule has 0 bridgehead atoms. The molecule has 140 valence electrons. The Morgan fingerprint density at radius 1 is 1.15 bits per heavy atom. The van der Waals surface area contributed by atoms with Crippen molar-refractivity contribution in [1.82, 2.24) is 19.7 Å². The van der Waals surface area contributed by atoms with Crippen LogP contribution in [0.4, 0.5) is 0 Å². The largest absolute Gasteiger partial charge is 0.334 e. The Bertz CT molecular complexity index is 898. The maximum atomic E-state index is 13.6. The minimum atomic E-state index is -0.719. The number of amides is 1. The highest BCUT2D eigenvalue weighted by molar-refractivity contribution is 6.35. The van der Waals surface area contributed by atoms with Crippen LogP contribution in [-0.2, 0) is 11.3 Å². The third kappa shape index (κ3) is 4.49. The summed E-state index contributed by atoms with van der Waals surface area (Å²) in [5.41, 5.74) is 1.69. The molecule has 0 saturated carbocycles. The Kier molecular flexibility index (Phi) is 6.14. The molecular formula is C20H20Cl2N4O. The fourth-order valence-electron chi connectivity index (χ4n) is 2.91. The average Bonchev–Trinajstić information content (AvgIpc) is 3.16. The van der Waals surface area contributed by atoms with Gasteiger partial charge in [-0.2, -0.15) is 5.10 Å². The van der Waals surface area contributed by atoms with Crippen LogP contribution in [-0.4, -0.2) is 31.6 Å². The number of carbonyl (C=O) groups is 1. The van der Waals surface area contributed by atoms with Gasteiger partial charge < -0.3 is 4.90 Å². The smallest absolute Gasteiger partial charge is 0.252 e. The molecule has 1 amide bonds. The lowest BCUT2D eigenvalue weighted by molar-refractivity contribution is -0.136. The topological polar surface area (TPSA) is 51.0 Å². The number of carbonyl (C=O) groups excluding carboxylic acids is 1. The Balaban J connectivity index is 2.01. The van der Waals surface area contributed by atoms with Gasteiger partial charge in [-0.25, -0.2) is 9.67 Å². The molecule has 0 aliphatic carbocycles. The van der Waals surface area contributed by atoms with Crippen molar-refractivity contribution in [3.8, 4) is 0 Å². The summed E-state index contributed by atoms with van der Waals surface area (Å²) in [4.78, 5) is 19.4. The second-order valence-corrected chi connectivity index (χ2v) is 7.33. The van der Waals surface area contributed by atoms with E-state index >= 15 is 0 Å². The van der Waals surface area contributed by atoms with Crippen molar-refractivity contribution in [2.24, 2.45) is 0 Å². The number of halogens is 2. The van der Waals surface area contributed by atoms with E-state index < -0.39 is 6.04 Å². The van der Waals surface area contributed by atoms with Gasteiger partial charge in [0.2, 0.25) is 0 Å². The van der Waals surface area contributed by atoms with Gasteiger partial charge in [0.05, 0.1) is 0 Å². The molecule has 0 N–H and O–H groups in total. The molecule has 0 aliphatic rings. The maximum absolute atomic E-state index is 13.6. The van der Waals surface area contributed by atoms with Crippen LogP contribution in [0.15, 0.2) is 61.2 Å². The van der Waals surface area contributed by atoms with Gasteiger partial charge in [-0.15, -0.1) is 0 Å². The van der Waals surface area contributed by atoms with Crippen molar-refractivity contribution in [3.05, 3.63) is 82.4 Å². The van der Waals surface area contributed by atoms with Crippen molar-refractivity contribution < 1.29 is 4.79 Å². The van der Waals surface area contributed by atoms with E-state index in [-0.39, 0.29) is 11.9 Å². The van der Waals surface area contributed by atoms with Gasteiger partial charge in [0.1, 0.15) is 12.7 Å². The number of nitrogens with zero attached hydrogens (tertiary/aromatic N) is 4. The van der Waals surface area contributed by atoms with E-state index in [4.69, 9.17) is 23.2 Å². The highest BCUT2D eigenvalue weighted by Gasteiger charge is 2.31. The van der Waals surface area contributed by atoms with Crippen LogP contribution in [0.2, 0.25) is 10.0 Å². The van der Waals surface area contributed by atoms with E-state index in [1.807, 2.05) is 49.1 Å². The summed E-state index contributed by atoms with van der Waals surface area (Å²) in [5.74, 6) is -0.108. The first-order chi connectivity index (χ1) is 13.0. The molecule has 1 atom stereocenters. The van der Waals surface area contributed by atoms with Crippen molar-refractivity contribution in [3.63, 3.8) is 0 Å². The molecule has 27 heavy (non-hydrogen) atoms. The molecule has 3 rings (SSSR count). The number of hydrogen-bond donors (Lipinski definition) is 0. The summed E-state index contributed by atoms with van der Waals surface area (Å²) < 4.78 is 1.53. The van der Waals surface area contributed by atoms with Gasteiger partial charge in [0.25, 0.3) is 5.91 Å². The summed E-state index contributed by atoms with van der Waals surface area (Å²) in [6.07, 6.45) is 2.93. The summed E-state index contributed by atoms with van der Waals surface area (Å²) >= 11 is 12.4. The Morgan fingerprint density at radius 3 is 2.48 bits per heavy atom. The number of hydrogen-bond acceptors (Lipinski definition) is 3. The van der Waals surface area contributed by atoms with Crippen LogP contribution in [0.25, 0.3) is 0 Å². The monoisotopic (exact) mass is 402 g/mol. The Hall–Kier alpha value is -2.37. The van der Waals surface area contributed by atoms with E-state index in [1.54, 1.807) is 18.2 Å². The standard InChI is InChI=1S/C20H20Cl2N4O/c1-14(2)25(11-15-6-4-3-5-7-15)20(27)19(26-13-23-12-24-26)17-9-8-16(21)10-18(17)22/h3-10,12-14,19H,11H2,1-2H3. The highest BCUT2D eigenvalue weighted by atomic mass is 35.5. The predicted molar refractivity (Wildman–Crippen MR) is 107 cm³/mol. The van der Waals surface area contributed by atoms with E-state index in [9.17, 15) is 4.79 Å². The van der Waals surface area contributed by atoms with Crippen LogP contribution in [0.3, 0.4) is 0 Å². The van der Waals surface area contributed by atoms with Crippen molar-refractivity contribution in [1.29, 1.82) is 0 Å². The average molecular weight is 403 g/mol. The lowest BCUT2D eigenvalue weighted by Crippen LogP contribution is -2.41. The summed E-state index contributed by atoms with van der Waals surface area (Å²) in [6, 6.07) is 14.3. The second-order valence-electron chi connectivity index (χ2n) is 6.49. The van der Waals surface area contributed by atoms with Crippen molar-refractivity contribution in [2.75, 3.05) is 0 Å². The molecule has 2 aromatic carbocycles. The molecule has 0 fully saturated rings. The number of rotatable bonds is 6. The van der Waals surface area contributed by atoms with E-state index in [0.717, 1.165) is 5.56 Å². The molecule has 0 aliphatic heterocycles. The molecule has 0 radical (unpaired) electrons. The van der Waals surface area contributed by atoms with E-state index in [2.05, 4.69) is 10.1 Å². The molecule has 7 heteroatoms. The zero-order chi connectivity index (χ0) is 19.4. The second kappa shape index (κ2) is 8.55. The van der Waals surface area contributed by atoms with Gasteiger partial charge in [-0.1, -0.05) is 59.6 Å². The maximum Gasteiger partial charge on any atom is 0.252 e. The van der Waals surface area contributed by atoms with Crippen LogP contribution < -0.4 is 0 Å². The van der Waals surface area contributed by atoms with Crippen molar-refractivity contribution in [2.45, 2.75) is 32.5 Å². The molecule has 1 unspecified atom stereocenters. The molecule has 3 aromatic rings. The first kappa shape index (κ1) is 19.4. The molecular weight excluding hydrogens is 383 g/mol. The van der Waals surface area contributed by atoms with Gasteiger partial charge >= 0.3 is 0 Å². The quantitative estimate of drug-likeness (QED) is 0.604. The fourth-order valence-corrected chi connectivity index (χ4v) is 3.43. The molecule has 1 aromatic heterocycles. The molecule has 1 heterocycles. The summed E-state index contributed by atoms with van der Waals surface area (Å²) in [6.45, 7) is 4.47. The van der Waals surface area contributed by atoms with Gasteiger partial charge in [0.15, 0.2) is 6.04 Å². The molecule has 5 nitrogen and oxygen atoms in total. The third-order valence-corrected chi connectivity index (χ3v) is 4.86. The van der Waals surface area contributed by atoms with Crippen LogP contribution in [0.5, 0.6) is 0 Å². The zero-order valence-corrected chi connectivity index (χ0v) is 16.6. The van der Waals surface area contributed by atoms with Crippen LogP contribution in [0, 0.1) is 0 Å². The first-order valence-electron chi connectivity index (χ1n) is 8.61. The highest BCUT2D eigenvalue weighted by Crippen LogP contribution is 2.30. The van der Waals surface area contributed by atoms with Crippen LogP contribution >= 0.6 is 23.2 Å². The zero-order valence-electron chi connectivity index (χ0n) is 15.1. The summed E-state index contributed by atoms with van der Waals surface area (Å²) in [5, 5.41) is 5.12.